The van der Waals surface area contributed by atoms with Gasteiger partial charge in [-0.25, -0.2) is 4.98 Å². The maximum Gasteiger partial charge on any atom is 0.260 e. The van der Waals surface area contributed by atoms with Crippen molar-refractivity contribution in [1.82, 2.24) is 9.88 Å². The number of aromatic nitrogens is 1. The molecule has 0 radical (unpaired) electrons. The first-order valence-corrected chi connectivity index (χ1v) is 10.1. The van der Waals surface area contributed by atoms with Crippen molar-refractivity contribution >= 4 is 60.9 Å². The van der Waals surface area contributed by atoms with Crippen molar-refractivity contribution in [2.45, 2.75) is 13.3 Å². The molecular formula is C20H23BrClN3OS. The van der Waals surface area contributed by atoms with Crippen LogP contribution in [0.25, 0.3) is 10.2 Å². The first-order valence-electron chi connectivity index (χ1n) is 8.54. The summed E-state index contributed by atoms with van der Waals surface area (Å²) in [5.41, 5.74) is 2.78. The standard InChI is InChI=1S/C20H22BrN3OS.ClH/c1-14-7-4-10-17-18(14)22-20(26-17)24(12-6-11-23(2)3)19(25)15-8-5-9-16(21)13-15;/h4-5,7-10,13H,6,11-12H2,1-3H3;1H. The molecule has 27 heavy (non-hydrogen) atoms. The summed E-state index contributed by atoms with van der Waals surface area (Å²) in [5.74, 6) is -0.0123. The average molecular weight is 469 g/mol. The highest BCUT2D eigenvalue weighted by Gasteiger charge is 2.21. The van der Waals surface area contributed by atoms with Crippen LogP contribution >= 0.6 is 39.7 Å². The summed E-state index contributed by atoms with van der Waals surface area (Å²) in [6.07, 6.45) is 0.891. The van der Waals surface area contributed by atoms with E-state index in [1.54, 1.807) is 11.3 Å². The minimum absolute atomic E-state index is 0. The van der Waals surface area contributed by atoms with Crippen molar-refractivity contribution in [2.24, 2.45) is 0 Å². The second kappa shape index (κ2) is 9.64. The van der Waals surface area contributed by atoms with Gasteiger partial charge in [0.2, 0.25) is 0 Å². The molecule has 0 unspecified atom stereocenters. The molecule has 0 N–H and O–H groups in total. The Balaban J connectivity index is 0.00000261. The van der Waals surface area contributed by atoms with Gasteiger partial charge in [0.25, 0.3) is 5.91 Å². The van der Waals surface area contributed by atoms with Gasteiger partial charge in [-0.1, -0.05) is 45.5 Å². The Morgan fingerprint density at radius 1 is 1.15 bits per heavy atom. The van der Waals surface area contributed by atoms with Crippen LogP contribution in [0.1, 0.15) is 22.3 Å². The number of hydrogen-bond donors (Lipinski definition) is 0. The largest absolute Gasteiger partial charge is 0.309 e. The number of amides is 1. The van der Waals surface area contributed by atoms with E-state index in [4.69, 9.17) is 4.98 Å². The monoisotopic (exact) mass is 467 g/mol. The Morgan fingerprint density at radius 3 is 2.56 bits per heavy atom. The van der Waals surface area contributed by atoms with Gasteiger partial charge in [0.05, 0.1) is 10.2 Å². The van der Waals surface area contributed by atoms with Gasteiger partial charge in [0.1, 0.15) is 0 Å². The van der Waals surface area contributed by atoms with Crippen LogP contribution in [0.2, 0.25) is 0 Å². The highest BCUT2D eigenvalue weighted by molar-refractivity contribution is 9.10. The number of carbonyl (C=O) groups excluding carboxylic acids is 1. The summed E-state index contributed by atoms with van der Waals surface area (Å²) in [5, 5.41) is 0.762. The zero-order valence-corrected chi connectivity index (χ0v) is 18.8. The molecule has 1 aromatic heterocycles. The van der Waals surface area contributed by atoms with Crippen LogP contribution in [0.5, 0.6) is 0 Å². The fraction of sp³-hybridized carbons (Fsp3) is 0.300. The summed E-state index contributed by atoms with van der Waals surface area (Å²) >= 11 is 5.03. The SMILES string of the molecule is Cc1cccc2sc(N(CCCN(C)C)C(=O)c3cccc(Br)c3)nc12.Cl. The van der Waals surface area contributed by atoms with Crippen LogP contribution in [0.15, 0.2) is 46.9 Å². The van der Waals surface area contributed by atoms with Gasteiger partial charge in [-0.3, -0.25) is 9.69 Å². The summed E-state index contributed by atoms with van der Waals surface area (Å²) in [6, 6.07) is 13.7. The first kappa shape index (κ1) is 21.8. The Kier molecular flexibility index (Phi) is 7.79. The van der Waals surface area contributed by atoms with Crippen molar-refractivity contribution in [3.8, 4) is 0 Å². The molecule has 3 aromatic rings. The molecule has 7 heteroatoms. The third-order valence-electron chi connectivity index (χ3n) is 4.14. The number of aryl methyl sites for hydroxylation is 1. The van der Waals surface area contributed by atoms with Crippen LogP contribution in [0.3, 0.4) is 0 Å². The van der Waals surface area contributed by atoms with E-state index in [0.717, 1.165) is 38.3 Å². The van der Waals surface area contributed by atoms with Crippen LogP contribution in [-0.4, -0.2) is 43.0 Å². The number of fused-ring (bicyclic) bond motifs is 1. The van der Waals surface area contributed by atoms with E-state index in [9.17, 15) is 4.79 Å². The summed E-state index contributed by atoms with van der Waals surface area (Å²) < 4.78 is 2.01. The van der Waals surface area contributed by atoms with Gasteiger partial charge in [0, 0.05) is 16.6 Å². The van der Waals surface area contributed by atoms with E-state index in [-0.39, 0.29) is 18.3 Å². The molecule has 0 bridgehead atoms. The van der Waals surface area contributed by atoms with Crippen molar-refractivity contribution in [2.75, 3.05) is 32.1 Å². The van der Waals surface area contributed by atoms with Gasteiger partial charge in [0.15, 0.2) is 5.13 Å². The Bertz CT molecular complexity index is 928. The molecule has 0 saturated heterocycles. The molecule has 1 heterocycles. The molecule has 144 valence electrons. The van der Waals surface area contributed by atoms with Crippen LogP contribution in [0.4, 0.5) is 5.13 Å². The lowest BCUT2D eigenvalue weighted by molar-refractivity contribution is 0.0986. The number of halogens is 2. The highest BCUT2D eigenvalue weighted by atomic mass is 79.9. The van der Waals surface area contributed by atoms with Gasteiger partial charge in [-0.2, -0.15) is 0 Å². The molecule has 0 aliphatic rings. The van der Waals surface area contributed by atoms with Gasteiger partial charge in [-0.15, -0.1) is 12.4 Å². The molecule has 0 aliphatic carbocycles. The number of carbonyl (C=O) groups is 1. The second-order valence-corrected chi connectivity index (χ2v) is 8.47. The minimum Gasteiger partial charge on any atom is -0.309 e. The minimum atomic E-state index is -0.0123. The summed E-state index contributed by atoms with van der Waals surface area (Å²) in [4.78, 5) is 21.9. The first-order chi connectivity index (χ1) is 12.5. The van der Waals surface area contributed by atoms with E-state index in [2.05, 4.69) is 39.9 Å². The number of nitrogens with zero attached hydrogens (tertiary/aromatic N) is 3. The third-order valence-corrected chi connectivity index (χ3v) is 5.68. The summed E-state index contributed by atoms with van der Waals surface area (Å²) in [6.45, 7) is 3.62. The van der Waals surface area contributed by atoms with Crippen LogP contribution < -0.4 is 4.90 Å². The molecule has 0 fully saturated rings. The number of benzene rings is 2. The van der Waals surface area contributed by atoms with E-state index in [0.29, 0.717) is 12.1 Å². The number of anilines is 1. The number of rotatable bonds is 6. The van der Waals surface area contributed by atoms with E-state index in [1.807, 2.05) is 49.3 Å². The molecular weight excluding hydrogens is 446 g/mol. The smallest absolute Gasteiger partial charge is 0.260 e. The molecule has 0 saturated carbocycles. The quantitative estimate of drug-likeness (QED) is 0.487. The van der Waals surface area contributed by atoms with Crippen molar-refractivity contribution in [3.05, 3.63) is 58.1 Å². The number of hydrogen-bond acceptors (Lipinski definition) is 4. The number of para-hydroxylation sites is 1. The van der Waals surface area contributed by atoms with Gasteiger partial charge < -0.3 is 4.90 Å². The fourth-order valence-electron chi connectivity index (χ4n) is 2.80. The average Bonchev–Trinajstić information content (AvgIpc) is 3.03. The molecule has 2 aromatic carbocycles. The maximum atomic E-state index is 13.2. The summed E-state index contributed by atoms with van der Waals surface area (Å²) in [7, 11) is 4.09. The zero-order valence-electron chi connectivity index (χ0n) is 15.6. The molecule has 0 spiro atoms. The molecule has 4 nitrogen and oxygen atoms in total. The van der Waals surface area contributed by atoms with Crippen molar-refractivity contribution in [1.29, 1.82) is 0 Å². The topological polar surface area (TPSA) is 36.4 Å². The maximum absolute atomic E-state index is 13.2. The van der Waals surface area contributed by atoms with Crippen molar-refractivity contribution < 1.29 is 4.79 Å². The van der Waals surface area contributed by atoms with Crippen LogP contribution in [-0.2, 0) is 0 Å². The van der Waals surface area contributed by atoms with E-state index < -0.39 is 0 Å². The lowest BCUT2D eigenvalue weighted by atomic mass is 10.2. The second-order valence-electron chi connectivity index (χ2n) is 6.54. The lowest BCUT2D eigenvalue weighted by Gasteiger charge is -2.21. The number of thiazole rings is 1. The predicted octanol–water partition coefficient (Wildman–Crippen LogP) is 5.39. The Morgan fingerprint density at radius 2 is 1.89 bits per heavy atom. The van der Waals surface area contributed by atoms with Gasteiger partial charge >= 0.3 is 0 Å². The van der Waals surface area contributed by atoms with E-state index in [1.165, 1.54) is 0 Å². The van der Waals surface area contributed by atoms with E-state index >= 15 is 0 Å². The fourth-order valence-corrected chi connectivity index (χ4v) is 4.26. The lowest BCUT2D eigenvalue weighted by Crippen LogP contribution is -2.33. The Labute approximate surface area is 178 Å². The molecule has 3 rings (SSSR count). The third kappa shape index (κ3) is 5.29. The molecule has 1 amide bonds. The highest BCUT2D eigenvalue weighted by Crippen LogP contribution is 2.31. The van der Waals surface area contributed by atoms with Crippen LogP contribution in [0, 0.1) is 6.92 Å². The Hall–Kier alpha value is -1.47. The van der Waals surface area contributed by atoms with Gasteiger partial charge in [-0.05, 0) is 63.8 Å². The molecule has 0 atom stereocenters. The van der Waals surface area contributed by atoms with Crippen molar-refractivity contribution in [3.63, 3.8) is 0 Å². The normalized spacial score (nSPS) is 10.9. The molecule has 0 aliphatic heterocycles. The predicted molar refractivity (Wildman–Crippen MR) is 121 cm³/mol. The zero-order chi connectivity index (χ0) is 18.7.